The quantitative estimate of drug-likeness (QED) is 0.831. The van der Waals surface area contributed by atoms with Crippen molar-refractivity contribution in [3.05, 3.63) is 29.6 Å². The highest BCUT2D eigenvalue weighted by Crippen LogP contribution is 2.41. The summed E-state index contributed by atoms with van der Waals surface area (Å²) >= 11 is 0. The summed E-state index contributed by atoms with van der Waals surface area (Å²) in [6, 6.07) is 4.70. The maximum Gasteiger partial charge on any atom is 0.225 e. The second kappa shape index (κ2) is 4.69. The van der Waals surface area contributed by atoms with Gasteiger partial charge < -0.3 is 10.1 Å². The van der Waals surface area contributed by atoms with Gasteiger partial charge in [0.05, 0.1) is 0 Å². The van der Waals surface area contributed by atoms with E-state index >= 15 is 0 Å². The molecule has 0 spiro atoms. The average molecular weight is 249 g/mol. The van der Waals surface area contributed by atoms with Crippen LogP contribution in [0.4, 0.5) is 10.1 Å². The van der Waals surface area contributed by atoms with E-state index in [-0.39, 0.29) is 17.6 Å². The monoisotopic (exact) mass is 249 g/mol. The van der Waals surface area contributed by atoms with E-state index in [9.17, 15) is 9.18 Å². The lowest BCUT2D eigenvalue weighted by Gasteiger charge is -2.34. The average Bonchev–Trinajstić information content (AvgIpc) is 2.38. The lowest BCUT2D eigenvalue weighted by molar-refractivity contribution is -0.117. The molecule has 1 saturated heterocycles. The van der Waals surface area contributed by atoms with Crippen LogP contribution >= 0.6 is 0 Å². The largest absolute Gasteiger partial charge is 0.381 e. The maximum absolute atomic E-state index is 13.2. The smallest absolute Gasteiger partial charge is 0.225 e. The van der Waals surface area contributed by atoms with E-state index in [4.69, 9.17) is 4.74 Å². The molecule has 0 bridgehead atoms. The minimum absolute atomic E-state index is 0.00964. The maximum atomic E-state index is 13.2. The molecule has 2 heterocycles. The molecule has 1 fully saturated rings. The zero-order chi connectivity index (χ0) is 12.5. The molecular formula is C14H16FNO2. The summed E-state index contributed by atoms with van der Waals surface area (Å²) in [6.45, 7) is 1.53. The molecule has 0 radical (unpaired) electrons. The number of hydrogen-bond donors (Lipinski definition) is 1. The number of carbonyl (C=O) groups is 1. The first-order valence-corrected chi connectivity index (χ1v) is 6.41. The highest BCUT2D eigenvalue weighted by molar-refractivity contribution is 5.94. The fourth-order valence-corrected chi connectivity index (χ4v) is 3.01. The summed E-state index contributed by atoms with van der Waals surface area (Å²) in [7, 11) is 0. The van der Waals surface area contributed by atoms with Crippen LogP contribution in [-0.2, 0) is 9.53 Å². The molecule has 0 aromatic heterocycles. The fourth-order valence-electron chi connectivity index (χ4n) is 3.01. The second-order valence-corrected chi connectivity index (χ2v) is 5.04. The Morgan fingerprint density at radius 3 is 2.83 bits per heavy atom. The Labute approximate surface area is 105 Å². The van der Waals surface area contributed by atoms with E-state index < -0.39 is 0 Å². The van der Waals surface area contributed by atoms with E-state index in [2.05, 4.69) is 5.32 Å². The standard InChI is InChI=1S/C14H16FNO2/c15-10-1-2-11-12(9-3-5-18-6-4-9)8-14(17)16-13(11)7-10/h1-2,7,9,12H,3-6,8H2,(H,16,17). The molecule has 1 aromatic carbocycles. The van der Waals surface area contributed by atoms with Gasteiger partial charge in [-0.25, -0.2) is 4.39 Å². The van der Waals surface area contributed by atoms with Gasteiger partial charge in [-0.3, -0.25) is 4.79 Å². The van der Waals surface area contributed by atoms with E-state index in [0.717, 1.165) is 31.6 Å². The molecule has 1 atom stereocenters. The number of fused-ring (bicyclic) bond motifs is 1. The van der Waals surface area contributed by atoms with Crippen molar-refractivity contribution in [1.82, 2.24) is 0 Å². The van der Waals surface area contributed by atoms with Crippen molar-refractivity contribution >= 4 is 11.6 Å². The Kier molecular flexibility index (Phi) is 3.04. The van der Waals surface area contributed by atoms with Gasteiger partial charge in [0, 0.05) is 25.3 Å². The molecule has 4 heteroatoms. The van der Waals surface area contributed by atoms with Crippen LogP contribution in [0, 0.1) is 11.7 Å². The molecule has 2 aliphatic heterocycles. The third kappa shape index (κ3) is 2.12. The van der Waals surface area contributed by atoms with Gasteiger partial charge in [-0.2, -0.15) is 0 Å². The van der Waals surface area contributed by atoms with Crippen LogP contribution < -0.4 is 5.32 Å². The molecule has 3 rings (SSSR count). The van der Waals surface area contributed by atoms with E-state index in [0.29, 0.717) is 18.0 Å². The molecule has 1 unspecified atom stereocenters. The lowest BCUT2D eigenvalue weighted by atomic mass is 9.77. The topological polar surface area (TPSA) is 38.3 Å². The van der Waals surface area contributed by atoms with Gasteiger partial charge in [-0.1, -0.05) is 6.07 Å². The summed E-state index contributed by atoms with van der Waals surface area (Å²) in [5, 5.41) is 2.76. The van der Waals surface area contributed by atoms with Gasteiger partial charge in [-0.05, 0) is 42.4 Å². The third-order valence-electron chi connectivity index (χ3n) is 3.93. The number of nitrogens with one attached hydrogen (secondary N) is 1. The van der Waals surface area contributed by atoms with E-state index in [1.54, 1.807) is 0 Å². The molecule has 96 valence electrons. The number of amides is 1. The number of ether oxygens (including phenoxy) is 1. The highest BCUT2D eigenvalue weighted by atomic mass is 19.1. The normalized spacial score (nSPS) is 24.5. The summed E-state index contributed by atoms with van der Waals surface area (Å²) < 4.78 is 18.6. The summed E-state index contributed by atoms with van der Waals surface area (Å²) in [6.07, 6.45) is 2.47. The van der Waals surface area contributed by atoms with Gasteiger partial charge in [0.2, 0.25) is 5.91 Å². The molecule has 2 aliphatic rings. The van der Waals surface area contributed by atoms with Crippen molar-refractivity contribution in [1.29, 1.82) is 0 Å². The Balaban J connectivity index is 1.93. The summed E-state index contributed by atoms with van der Waals surface area (Å²) in [4.78, 5) is 11.7. The molecular weight excluding hydrogens is 233 g/mol. The van der Waals surface area contributed by atoms with Crippen molar-refractivity contribution in [2.75, 3.05) is 18.5 Å². The van der Waals surface area contributed by atoms with Crippen molar-refractivity contribution in [3.63, 3.8) is 0 Å². The second-order valence-electron chi connectivity index (χ2n) is 5.04. The zero-order valence-corrected chi connectivity index (χ0v) is 10.1. The van der Waals surface area contributed by atoms with Gasteiger partial charge in [0.1, 0.15) is 5.82 Å². The van der Waals surface area contributed by atoms with E-state index in [1.165, 1.54) is 12.1 Å². The van der Waals surface area contributed by atoms with Crippen LogP contribution in [0.5, 0.6) is 0 Å². The van der Waals surface area contributed by atoms with Gasteiger partial charge >= 0.3 is 0 Å². The SMILES string of the molecule is O=C1CC(C2CCOCC2)c2ccc(F)cc2N1. The van der Waals surface area contributed by atoms with Crippen LogP contribution in [0.3, 0.4) is 0 Å². The molecule has 1 N–H and O–H groups in total. The minimum atomic E-state index is -0.304. The first kappa shape index (κ1) is 11.7. The molecule has 0 saturated carbocycles. The Bertz CT molecular complexity index is 469. The Hall–Kier alpha value is -1.42. The molecule has 18 heavy (non-hydrogen) atoms. The highest BCUT2D eigenvalue weighted by Gasteiger charge is 2.32. The molecule has 3 nitrogen and oxygen atoms in total. The fraction of sp³-hybridized carbons (Fsp3) is 0.500. The van der Waals surface area contributed by atoms with Crippen LogP contribution in [0.2, 0.25) is 0 Å². The number of rotatable bonds is 1. The molecule has 1 aromatic rings. The van der Waals surface area contributed by atoms with Crippen LogP contribution in [-0.4, -0.2) is 19.1 Å². The van der Waals surface area contributed by atoms with Gasteiger partial charge in [-0.15, -0.1) is 0 Å². The first-order chi connectivity index (χ1) is 8.74. The van der Waals surface area contributed by atoms with Crippen molar-refractivity contribution in [2.45, 2.75) is 25.2 Å². The Morgan fingerprint density at radius 1 is 1.28 bits per heavy atom. The third-order valence-corrected chi connectivity index (χ3v) is 3.93. The number of carbonyl (C=O) groups excluding carboxylic acids is 1. The van der Waals surface area contributed by atoms with Crippen molar-refractivity contribution in [3.8, 4) is 0 Å². The predicted molar refractivity (Wildman–Crippen MR) is 65.9 cm³/mol. The zero-order valence-electron chi connectivity index (χ0n) is 10.1. The number of benzene rings is 1. The molecule has 1 amide bonds. The van der Waals surface area contributed by atoms with Crippen molar-refractivity contribution < 1.29 is 13.9 Å². The van der Waals surface area contributed by atoms with Gasteiger partial charge in [0.15, 0.2) is 0 Å². The number of halogens is 1. The molecule has 0 aliphatic carbocycles. The lowest BCUT2D eigenvalue weighted by Crippen LogP contribution is -2.30. The van der Waals surface area contributed by atoms with Crippen LogP contribution in [0.25, 0.3) is 0 Å². The van der Waals surface area contributed by atoms with Crippen molar-refractivity contribution in [2.24, 2.45) is 5.92 Å². The summed E-state index contributed by atoms with van der Waals surface area (Å²) in [5.41, 5.74) is 1.71. The summed E-state index contributed by atoms with van der Waals surface area (Å²) in [5.74, 6) is 0.360. The first-order valence-electron chi connectivity index (χ1n) is 6.41. The number of anilines is 1. The predicted octanol–water partition coefficient (Wildman–Crippen LogP) is 2.68. The van der Waals surface area contributed by atoms with E-state index in [1.807, 2.05) is 6.07 Å². The van der Waals surface area contributed by atoms with Crippen LogP contribution in [0.1, 0.15) is 30.7 Å². The minimum Gasteiger partial charge on any atom is -0.381 e. The Morgan fingerprint density at radius 2 is 2.06 bits per heavy atom. The number of hydrogen-bond acceptors (Lipinski definition) is 2. The van der Waals surface area contributed by atoms with Crippen LogP contribution in [0.15, 0.2) is 18.2 Å². The van der Waals surface area contributed by atoms with Gasteiger partial charge in [0.25, 0.3) is 0 Å².